The number of carbonyl (C=O) groups excluding carboxylic acids is 1. The summed E-state index contributed by atoms with van der Waals surface area (Å²) in [5.41, 5.74) is -0.972. The number of alkyl halides is 6. The van der Waals surface area contributed by atoms with Crippen LogP contribution in [0.3, 0.4) is 0 Å². The zero-order valence-electron chi connectivity index (χ0n) is 25.6. The van der Waals surface area contributed by atoms with Gasteiger partial charge in [0.25, 0.3) is 0 Å². The summed E-state index contributed by atoms with van der Waals surface area (Å²) >= 11 is 0. The van der Waals surface area contributed by atoms with Crippen molar-refractivity contribution in [3.63, 3.8) is 0 Å². The summed E-state index contributed by atoms with van der Waals surface area (Å²) < 4.78 is 88.6. The molecule has 0 aliphatic carbocycles. The van der Waals surface area contributed by atoms with E-state index < -0.39 is 35.6 Å². The number of likely N-dealkylation sites (tertiary alicyclic amines) is 1. The lowest BCUT2D eigenvalue weighted by Crippen LogP contribution is -2.57. The molecule has 2 N–H and O–H groups in total. The van der Waals surface area contributed by atoms with E-state index in [1.165, 1.54) is 31.0 Å². The first-order valence-electron chi connectivity index (χ1n) is 14.7. The second kappa shape index (κ2) is 14.8. The highest BCUT2D eigenvalue weighted by Gasteiger charge is 2.41. The van der Waals surface area contributed by atoms with Crippen LogP contribution in [0.5, 0.6) is 0 Å². The molecule has 3 heterocycles. The van der Waals surface area contributed by atoms with Crippen molar-refractivity contribution in [3.8, 4) is 0 Å². The number of hydrogen-bond acceptors (Lipinski definition) is 4. The molecule has 0 saturated carbocycles. The van der Waals surface area contributed by atoms with Gasteiger partial charge in [0, 0.05) is 50.7 Å². The Hall–Kier alpha value is -3.10. The molecule has 0 unspecified atom stereocenters. The van der Waals surface area contributed by atoms with Crippen LogP contribution in [0.2, 0.25) is 0 Å². The summed E-state index contributed by atoms with van der Waals surface area (Å²) in [7, 11) is 1.46. The Labute approximate surface area is 269 Å². The number of halogens is 8. The van der Waals surface area contributed by atoms with Crippen molar-refractivity contribution in [2.75, 3.05) is 33.2 Å². The second-order valence-corrected chi connectivity index (χ2v) is 11.8. The molecule has 7 nitrogen and oxygen atoms in total. The Bertz CT molecular complexity index is 1360. The molecule has 15 heteroatoms. The van der Waals surface area contributed by atoms with Gasteiger partial charge in [0.15, 0.2) is 0 Å². The lowest BCUT2D eigenvalue weighted by molar-refractivity contribution is -0.143. The molecule has 4 atom stereocenters. The van der Waals surface area contributed by atoms with Gasteiger partial charge < -0.3 is 20.2 Å². The standard InChI is InChI=1S/C20H26FN3O3.C11H11F6N.ClH/c1-13-10-14(21)2-4-17(13)18-11-15(6-7-24(18)20(26)27)22-8-9-23-16(12-22)3-5-19(23)25;1-6(18-2)7-3-8(10(12,13)14)5-9(4-7)11(15,16)17;/h2,4,10,15-16,18H,3,5-9,11-12H2,1H3,(H,26,27);3-6,18H,1-2H3;1H/t15-,16-,18+;6-;/m01./s1. The Morgan fingerprint density at radius 2 is 1.59 bits per heavy atom. The lowest BCUT2D eigenvalue weighted by Gasteiger charge is -2.46. The van der Waals surface area contributed by atoms with E-state index in [4.69, 9.17) is 0 Å². The molecule has 3 fully saturated rings. The number of piperidine rings is 1. The van der Waals surface area contributed by atoms with Gasteiger partial charge in [0.1, 0.15) is 5.82 Å². The number of rotatable bonds is 4. The summed E-state index contributed by atoms with van der Waals surface area (Å²) in [6.45, 7) is 6.28. The normalized spacial score (nSPS) is 22.8. The predicted molar refractivity (Wildman–Crippen MR) is 159 cm³/mol. The van der Waals surface area contributed by atoms with Crippen LogP contribution >= 0.6 is 12.4 Å². The summed E-state index contributed by atoms with van der Waals surface area (Å²) in [5, 5.41) is 12.3. The summed E-state index contributed by atoms with van der Waals surface area (Å²) in [6.07, 6.45) is -7.46. The molecular formula is C31H38ClF7N4O3. The van der Waals surface area contributed by atoms with E-state index in [-0.39, 0.29) is 47.8 Å². The van der Waals surface area contributed by atoms with Crippen molar-refractivity contribution in [3.05, 3.63) is 70.0 Å². The molecule has 5 rings (SSSR count). The predicted octanol–water partition coefficient (Wildman–Crippen LogP) is 7.05. The molecule has 2 aromatic rings. The van der Waals surface area contributed by atoms with Gasteiger partial charge in [-0.15, -0.1) is 12.4 Å². The number of carbonyl (C=O) groups is 2. The number of nitrogens with zero attached hydrogens (tertiary/aromatic N) is 3. The van der Waals surface area contributed by atoms with Crippen molar-refractivity contribution in [1.29, 1.82) is 0 Å². The highest BCUT2D eigenvalue weighted by molar-refractivity contribution is 5.85. The quantitative estimate of drug-likeness (QED) is 0.338. The average molecular weight is 683 g/mol. The molecule has 3 saturated heterocycles. The van der Waals surface area contributed by atoms with Crippen LogP contribution in [0.25, 0.3) is 0 Å². The average Bonchev–Trinajstić information content (AvgIpc) is 3.35. The number of hydrogen-bond donors (Lipinski definition) is 2. The molecule has 3 aliphatic rings. The molecule has 0 spiro atoms. The van der Waals surface area contributed by atoms with Gasteiger partial charge >= 0.3 is 18.4 Å². The first kappa shape index (κ1) is 37.4. The third-order valence-electron chi connectivity index (χ3n) is 9.00. The SMILES string of the molecule is CN[C@H](C)c1cc(C(F)(F)F)cc(C(F)(F)F)c1.Cc1cc(F)ccc1[C@H]1C[C@@H](N2CCN3C(=O)CC[C@H]3C2)CCN1C(=O)O.Cl. The Balaban J connectivity index is 0.000000267. The van der Waals surface area contributed by atoms with Gasteiger partial charge in [0.05, 0.1) is 17.2 Å². The maximum Gasteiger partial charge on any atom is 0.416 e. The van der Waals surface area contributed by atoms with Crippen LogP contribution in [0.4, 0.5) is 35.5 Å². The summed E-state index contributed by atoms with van der Waals surface area (Å²) in [5.74, 6) is -0.0346. The zero-order valence-corrected chi connectivity index (χ0v) is 26.4. The maximum absolute atomic E-state index is 13.5. The fourth-order valence-corrected chi connectivity index (χ4v) is 6.43. The van der Waals surface area contributed by atoms with E-state index in [2.05, 4.69) is 10.2 Å². The molecule has 46 heavy (non-hydrogen) atoms. The molecular weight excluding hydrogens is 645 g/mol. The Morgan fingerprint density at radius 1 is 0.957 bits per heavy atom. The highest BCUT2D eigenvalue weighted by atomic mass is 35.5. The van der Waals surface area contributed by atoms with Crippen molar-refractivity contribution in [2.24, 2.45) is 0 Å². The zero-order chi connectivity index (χ0) is 33.3. The van der Waals surface area contributed by atoms with E-state index in [0.29, 0.717) is 25.4 Å². The fourth-order valence-electron chi connectivity index (χ4n) is 6.43. The number of nitrogens with one attached hydrogen (secondary N) is 1. The minimum absolute atomic E-state index is 0. The van der Waals surface area contributed by atoms with E-state index in [1.807, 2.05) is 11.8 Å². The molecule has 0 bridgehead atoms. The molecule has 0 radical (unpaired) electrons. The van der Waals surface area contributed by atoms with Gasteiger partial charge in [0.2, 0.25) is 5.91 Å². The number of benzene rings is 2. The number of amides is 2. The Kier molecular flexibility index (Phi) is 12.0. The van der Waals surface area contributed by atoms with Gasteiger partial charge in [-0.2, -0.15) is 26.3 Å². The van der Waals surface area contributed by atoms with Crippen LogP contribution in [0.1, 0.15) is 72.5 Å². The minimum atomic E-state index is -4.80. The first-order chi connectivity index (χ1) is 21.0. The summed E-state index contributed by atoms with van der Waals surface area (Å²) in [6, 6.07) is 5.89. The van der Waals surface area contributed by atoms with Gasteiger partial charge in [-0.05, 0) is 87.2 Å². The second-order valence-electron chi connectivity index (χ2n) is 11.8. The van der Waals surface area contributed by atoms with E-state index >= 15 is 0 Å². The Morgan fingerprint density at radius 3 is 2.13 bits per heavy atom. The van der Waals surface area contributed by atoms with Crippen LogP contribution < -0.4 is 5.32 Å². The fraction of sp³-hybridized carbons (Fsp3) is 0.548. The van der Waals surface area contributed by atoms with Gasteiger partial charge in [-0.1, -0.05) is 6.07 Å². The van der Waals surface area contributed by atoms with E-state index in [9.17, 15) is 45.4 Å². The van der Waals surface area contributed by atoms with Crippen molar-refractivity contribution >= 4 is 24.4 Å². The van der Waals surface area contributed by atoms with E-state index in [1.54, 1.807) is 6.07 Å². The molecule has 256 valence electrons. The molecule has 0 aromatic heterocycles. The monoisotopic (exact) mass is 682 g/mol. The summed E-state index contributed by atoms with van der Waals surface area (Å²) in [4.78, 5) is 29.6. The topological polar surface area (TPSA) is 76.1 Å². The molecule has 3 aliphatic heterocycles. The van der Waals surface area contributed by atoms with Gasteiger partial charge in [-0.3, -0.25) is 9.69 Å². The minimum Gasteiger partial charge on any atom is -0.465 e. The van der Waals surface area contributed by atoms with Crippen molar-refractivity contribution in [2.45, 2.75) is 76.1 Å². The highest BCUT2D eigenvalue weighted by Crippen LogP contribution is 2.38. The smallest absolute Gasteiger partial charge is 0.416 e. The maximum atomic E-state index is 13.5. The van der Waals surface area contributed by atoms with Crippen LogP contribution in [0, 0.1) is 12.7 Å². The first-order valence-corrected chi connectivity index (χ1v) is 14.7. The molecule has 2 amide bonds. The van der Waals surface area contributed by atoms with E-state index in [0.717, 1.165) is 55.7 Å². The largest absolute Gasteiger partial charge is 0.465 e. The van der Waals surface area contributed by atoms with Crippen LogP contribution in [-0.2, 0) is 17.1 Å². The van der Waals surface area contributed by atoms with Gasteiger partial charge in [-0.25, -0.2) is 9.18 Å². The number of aryl methyl sites for hydroxylation is 1. The third kappa shape index (κ3) is 8.62. The lowest BCUT2D eigenvalue weighted by atomic mass is 9.88. The van der Waals surface area contributed by atoms with Crippen molar-refractivity contribution < 1.29 is 45.4 Å². The van der Waals surface area contributed by atoms with Crippen LogP contribution in [0.15, 0.2) is 36.4 Å². The number of piperazine rings is 1. The molecule has 2 aromatic carbocycles. The van der Waals surface area contributed by atoms with Crippen molar-refractivity contribution in [1.82, 2.24) is 20.0 Å². The number of fused-ring (bicyclic) bond motifs is 1. The number of carboxylic acid groups (broad SMARTS) is 1. The van der Waals surface area contributed by atoms with Crippen LogP contribution in [-0.4, -0.2) is 77.1 Å². The third-order valence-corrected chi connectivity index (χ3v) is 9.00.